The Labute approximate surface area is 168 Å². The van der Waals surface area contributed by atoms with Gasteiger partial charge in [0.15, 0.2) is 0 Å². The molecule has 2 aromatic rings. The Bertz CT molecular complexity index is 765. The Morgan fingerprint density at radius 3 is 2.12 bits per heavy atom. The van der Waals surface area contributed by atoms with E-state index in [2.05, 4.69) is 80.6 Å². The molecule has 4 rings (SSSR count). The smallest absolute Gasteiger partial charge is 1.00 e. The van der Waals surface area contributed by atoms with Gasteiger partial charge in [-0.1, -0.05) is 0 Å². The summed E-state index contributed by atoms with van der Waals surface area (Å²) in [6.07, 6.45) is 9.03. The van der Waals surface area contributed by atoms with Crippen LogP contribution in [0.3, 0.4) is 0 Å². The maximum absolute atomic E-state index is 2.41. The first-order valence-corrected chi connectivity index (χ1v) is 10.9. The van der Waals surface area contributed by atoms with Gasteiger partial charge in [0.1, 0.15) is 0 Å². The largest absolute Gasteiger partial charge is 1.00 e. The molecule has 1 unspecified atom stereocenters. The Balaban J connectivity index is 0.00000104. The van der Waals surface area contributed by atoms with Gasteiger partial charge < -0.3 is 24.8 Å². The Morgan fingerprint density at radius 1 is 0.792 bits per heavy atom. The quantitative estimate of drug-likeness (QED) is 0.633. The van der Waals surface area contributed by atoms with E-state index in [4.69, 9.17) is 0 Å². The maximum Gasteiger partial charge on any atom is -1.00 e. The molecule has 3 heteroatoms. The van der Waals surface area contributed by atoms with E-state index in [-0.39, 0.29) is 24.8 Å². The molecule has 24 heavy (non-hydrogen) atoms. The molecule has 0 amide bonds. The van der Waals surface area contributed by atoms with Crippen LogP contribution in [0.25, 0.3) is 11.1 Å². The summed E-state index contributed by atoms with van der Waals surface area (Å²) in [5, 5.41) is 0. The molecule has 0 radical (unpaired) electrons. The summed E-state index contributed by atoms with van der Waals surface area (Å²) in [6.45, 7) is 4.81. The molecule has 0 saturated carbocycles. The zero-order valence-electron chi connectivity index (χ0n) is 13.8. The standard InChI is InChI=1S/C18H13.C3H7.2ClH.Zr/c1-2-7-13(6-1)15-10-5-11-17-16-9-4-3-8-14(16)12-18(15)17;1-3-2;;;/h1-13H;3H,1-2H3;2*1H;/q;;;;+2/p-2. The third-order valence-corrected chi connectivity index (χ3v) is 8.53. The molecule has 0 nitrogen and oxygen atoms in total. The molecule has 0 bridgehead atoms. The van der Waals surface area contributed by atoms with Crippen molar-refractivity contribution in [2.75, 3.05) is 0 Å². The van der Waals surface area contributed by atoms with Crippen LogP contribution in [0.15, 0.2) is 66.8 Å². The van der Waals surface area contributed by atoms with Crippen LogP contribution in [0.5, 0.6) is 0 Å². The number of fused-ring (bicyclic) bond motifs is 3. The van der Waals surface area contributed by atoms with E-state index in [1.165, 1.54) is 16.7 Å². The number of hydrogen-bond donors (Lipinski definition) is 0. The average molecular weight is 435 g/mol. The molecule has 1 atom stereocenters. The van der Waals surface area contributed by atoms with Gasteiger partial charge in [0.25, 0.3) is 0 Å². The van der Waals surface area contributed by atoms with Gasteiger partial charge in [-0.15, -0.1) is 0 Å². The summed E-state index contributed by atoms with van der Waals surface area (Å²) in [5.41, 5.74) is 7.75. The topological polar surface area (TPSA) is 0 Å². The first-order valence-electron chi connectivity index (χ1n) is 8.09. The van der Waals surface area contributed by atoms with Crippen molar-refractivity contribution in [3.63, 3.8) is 0 Å². The van der Waals surface area contributed by atoms with E-state index in [1.807, 2.05) is 0 Å². The van der Waals surface area contributed by atoms with E-state index in [0.717, 1.165) is 3.63 Å². The predicted octanol–water partition coefficient (Wildman–Crippen LogP) is -0.115. The van der Waals surface area contributed by atoms with Gasteiger partial charge in [0.2, 0.25) is 0 Å². The molecule has 122 valence electrons. The molecular weight excluding hydrogens is 414 g/mol. The molecule has 2 aliphatic rings. The molecule has 0 saturated heterocycles. The summed E-state index contributed by atoms with van der Waals surface area (Å²) in [5.74, 6) is 0.471. The van der Waals surface area contributed by atoms with Crippen molar-refractivity contribution in [1.82, 2.24) is 0 Å². The first kappa shape index (κ1) is 19.7. The summed E-state index contributed by atoms with van der Waals surface area (Å²) >= 11 is -0.508. The normalized spacial score (nSPS) is 17.0. The molecule has 0 spiro atoms. The molecule has 2 aliphatic carbocycles. The van der Waals surface area contributed by atoms with Gasteiger partial charge >= 0.3 is 145 Å². The van der Waals surface area contributed by atoms with Gasteiger partial charge in [-0.3, -0.25) is 0 Å². The van der Waals surface area contributed by atoms with Crippen LogP contribution in [0, 0.1) is 0 Å². The minimum Gasteiger partial charge on any atom is -1.00 e. The zero-order valence-corrected chi connectivity index (χ0v) is 17.8. The number of rotatable bonds is 3. The Hall–Kier alpha value is -0.617. The molecule has 2 aromatic carbocycles. The number of allylic oxidation sites excluding steroid dienone is 4. The second-order valence-corrected chi connectivity index (χ2v) is 11.5. The van der Waals surface area contributed by atoms with E-state index in [0.29, 0.717) is 9.54 Å². The van der Waals surface area contributed by atoms with Crippen molar-refractivity contribution in [3.05, 3.63) is 83.5 Å². The van der Waals surface area contributed by atoms with Crippen molar-refractivity contribution in [3.8, 4) is 11.1 Å². The van der Waals surface area contributed by atoms with E-state index in [1.54, 1.807) is 11.1 Å². The molecule has 0 N–H and O–H groups in total. The zero-order chi connectivity index (χ0) is 15.1. The molecule has 0 aliphatic heterocycles. The summed E-state index contributed by atoms with van der Waals surface area (Å²) < 4.78 is 1.59. The van der Waals surface area contributed by atoms with Crippen LogP contribution in [-0.4, -0.2) is 0 Å². The average Bonchev–Trinajstić information content (AvgIpc) is 3.15. The second kappa shape index (κ2) is 8.17. The van der Waals surface area contributed by atoms with Crippen molar-refractivity contribution < 1.29 is 48.0 Å². The fourth-order valence-corrected chi connectivity index (χ4v) is 7.63. The minimum atomic E-state index is -0.508. The minimum absolute atomic E-state index is 0. The monoisotopic (exact) mass is 432 g/mol. The van der Waals surface area contributed by atoms with Crippen molar-refractivity contribution >= 4 is 0 Å². The summed E-state index contributed by atoms with van der Waals surface area (Å²) in [4.78, 5) is 0. The number of hydrogen-bond acceptors (Lipinski definition) is 0. The van der Waals surface area contributed by atoms with Gasteiger partial charge in [-0.05, 0) is 0 Å². The van der Waals surface area contributed by atoms with E-state index in [9.17, 15) is 0 Å². The van der Waals surface area contributed by atoms with Gasteiger partial charge in [0, 0.05) is 0 Å². The van der Waals surface area contributed by atoms with Crippen LogP contribution in [-0.2, 0) is 23.2 Å². The SMILES string of the molecule is C[CH](C)[Zr+2][CH]1c2ccccc2-c2cccc(C3C=CC=C3)c21.[Cl-].[Cl-]. The van der Waals surface area contributed by atoms with Gasteiger partial charge in [0.05, 0.1) is 0 Å². The van der Waals surface area contributed by atoms with E-state index < -0.39 is 23.2 Å². The number of benzene rings is 2. The van der Waals surface area contributed by atoms with Crippen molar-refractivity contribution in [2.45, 2.75) is 27.0 Å². The molecule has 0 fully saturated rings. The molecular formula is C21H20Cl2Zr. The predicted molar refractivity (Wildman–Crippen MR) is 89.8 cm³/mol. The van der Waals surface area contributed by atoms with E-state index >= 15 is 0 Å². The molecule has 0 heterocycles. The summed E-state index contributed by atoms with van der Waals surface area (Å²) in [7, 11) is 0. The fraction of sp³-hybridized carbons (Fsp3) is 0.238. The number of halogens is 2. The Morgan fingerprint density at radius 2 is 1.42 bits per heavy atom. The summed E-state index contributed by atoms with van der Waals surface area (Å²) in [6, 6.07) is 16.0. The van der Waals surface area contributed by atoms with Crippen molar-refractivity contribution in [1.29, 1.82) is 0 Å². The van der Waals surface area contributed by atoms with Crippen LogP contribution >= 0.6 is 0 Å². The van der Waals surface area contributed by atoms with Gasteiger partial charge in [-0.2, -0.15) is 0 Å². The molecule has 0 aromatic heterocycles. The third kappa shape index (κ3) is 3.36. The van der Waals surface area contributed by atoms with Crippen LogP contribution in [0.1, 0.15) is 40.1 Å². The van der Waals surface area contributed by atoms with Crippen LogP contribution < -0.4 is 24.8 Å². The van der Waals surface area contributed by atoms with Gasteiger partial charge in [-0.25, -0.2) is 0 Å². The van der Waals surface area contributed by atoms with Crippen molar-refractivity contribution in [2.24, 2.45) is 0 Å². The first-order chi connectivity index (χ1) is 10.8. The fourth-order valence-electron chi connectivity index (χ4n) is 3.73. The van der Waals surface area contributed by atoms with Crippen LogP contribution in [0.2, 0.25) is 3.63 Å². The Kier molecular flexibility index (Phi) is 6.71. The third-order valence-electron chi connectivity index (χ3n) is 4.60. The van der Waals surface area contributed by atoms with Crippen LogP contribution in [0.4, 0.5) is 0 Å². The second-order valence-electron chi connectivity index (χ2n) is 6.45. The maximum atomic E-state index is 2.41.